The average Bonchev–Trinajstić information content (AvgIpc) is 3.16. The van der Waals surface area contributed by atoms with Crippen LogP contribution in [-0.2, 0) is 20.2 Å². The molecule has 1 heterocycles. The van der Waals surface area contributed by atoms with Gasteiger partial charge >= 0.3 is 13.6 Å². The number of carbonyl (C=O) groups excluding carboxylic acids is 1. The van der Waals surface area contributed by atoms with Gasteiger partial charge in [0.1, 0.15) is 0 Å². The number of unbranched alkanes of at least 4 members (excludes halogenated alkanes) is 2. The maximum Gasteiger partial charge on any atom is 0.331 e. The first kappa shape index (κ1) is 28.1. The first-order chi connectivity index (χ1) is 14.6. The second kappa shape index (κ2) is 14.2. The number of carbonyl (C=O) groups is 1. The van der Waals surface area contributed by atoms with Crippen molar-refractivity contribution in [1.29, 1.82) is 0 Å². The second-order valence-electron chi connectivity index (χ2n) is 8.58. The minimum Gasteiger partial charge on any atom is -0.335 e. The molecule has 1 N–H and O–H groups in total. The maximum absolute atomic E-state index is 13.2. The molecule has 0 aliphatic heterocycles. The van der Waals surface area contributed by atoms with Gasteiger partial charge in [0.25, 0.3) is 0 Å². The van der Waals surface area contributed by atoms with E-state index >= 15 is 0 Å². The molecule has 1 aromatic rings. The van der Waals surface area contributed by atoms with Crippen molar-refractivity contribution >= 4 is 25.0 Å². The van der Waals surface area contributed by atoms with E-state index in [1.165, 1.54) is 11.3 Å². The number of hydrogen-bond donors (Lipinski definition) is 1. The van der Waals surface area contributed by atoms with E-state index < -0.39 is 7.60 Å². The fourth-order valence-electron chi connectivity index (χ4n) is 2.66. The van der Waals surface area contributed by atoms with Gasteiger partial charge in [-0.25, -0.2) is 9.78 Å². The minimum atomic E-state index is -3.17. The highest BCUT2D eigenvalue weighted by Crippen LogP contribution is 2.51. The zero-order chi connectivity index (χ0) is 23.4. The number of rotatable bonds is 15. The van der Waals surface area contributed by atoms with Crippen LogP contribution in [0.1, 0.15) is 83.8 Å². The summed E-state index contributed by atoms with van der Waals surface area (Å²) in [4.78, 5) is 18.7. The molecule has 0 aliphatic carbocycles. The Hall–Kier alpha value is -0.950. The topological polar surface area (TPSA) is 80.8 Å². The summed E-state index contributed by atoms with van der Waals surface area (Å²) in [7, 11) is -1.40. The predicted molar refractivity (Wildman–Crippen MR) is 129 cm³/mol. The van der Waals surface area contributed by atoms with E-state index in [2.05, 4.69) is 38.0 Å². The second-order valence-corrected chi connectivity index (χ2v) is 11.6. The molecule has 0 saturated carbocycles. The van der Waals surface area contributed by atoms with Crippen LogP contribution < -0.4 is 5.32 Å². The Kier molecular flexibility index (Phi) is 12.9. The first-order valence-electron chi connectivity index (χ1n) is 11.5. The molecule has 1 unspecified atom stereocenters. The Labute approximate surface area is 192 Å². The smallest absolute Gasteiger partial charge is 0.331 e. The standard InChI is InChI=1S/C22H42N3O4PS/c1-8-10-12-28-30(27,29-13-11-9-2)15-18(5)21-24-20(16-31-21)14-25(7)22(26)23-19(6)17(3)4/h16-19H,8-15H2,1-7H3,(H,23,26)/t18?,19-/m1/s1. The lowest BCUT2D eigenvalue weighted by Crippen LogP contribution is -2.43. The molecule has 0 aliphatic rings. The van der Waals surface area contributed by atoms with Gasteiger partial charge in [-0.05, 0) is 25.7 Å². The van der Waals surface area contributed by atoms with E-state index in [-0.39, 0.29) is 18.0 Å². The van der Waals surface area contributed by atoms with Crippen molar-refractivity contribution in [3.05, 3.63) is 16.1 Å². The summed E-state index contributed by atoms with van der Waals surface area (Å²) in [6.07, 6.45) is 4.01. The van der Waals surface area contributed by atoms with Gasteiger partial charge in [-0.2, -0.15) is 0 Å². The first-order valence-corrected chi connectivity index (χ1v) is 14.1. The van der Waals surface area contributed by atoms with Crippen LogP contribution in [0.2, 0.25) is 0 Å². The zero-order valence-corrected chi connectivity index (χ0v) is 22.1. The SMILES string of the molecule is CCCCOP(=O)(CC(C)c1nc(CN(C)C(=O)N[C@H](C)C(C)C)cs1)OCCCC. The minimum absolute atomic E-state index is 0.0482. The van der Waals surface area contributed by atoms with Crippen LogP contribution in [0.3, 0.4) is 0 Å². The molecule has 0 radical (unpaired) electrons. The molecule has 0 spiro atoms. The molecule has 0 saturated heterocycles. The van der Waals surface area contributed by atoms with Crippen LogP contribution in [-0.4, -0.2) is 48.4 Å². The lowest BCUT2D eigenvalue weighted by Gasteiger charge is -2.23. The molecule has 0 fully saturated rings. The predicted octanol–water partition coefficient (Wildman–Crippen LogP) is 6.26. The fourth-order valence-corrected chi connectivity index (χ4v) is 5.60. The molecule has 9 heteroatoms. The number of hydrogen-bond acceptors (Lipinski definition) is 6. The van der Waals surface area contributed by atoms with Crippen LogP contribution >= 0.6 is 18.9 Å². The highest BCUT2D eigenvalue weighted by Gasteiger charge is 2.29. The Balaban J connectivity index is 2.71. The van der Waals surface area contributed by atoms with Crippen molar-refractivity contribution in [2.75, 3.05) is 26.4 Å². The summed E-state index contributed by atoms with van der Waals surface area (Å²) < 4.78 is 24.7. The third kappa shape index (κ3) is 10.5. The summed E-state index contributed by atoms with van der Waals surface area (Å²) in [5.74, 6) is 0.326. The molecule has 2 atom stereocenters. The molecular formula is C22H42N3O4PS. The lowest BCUT2D eigenvalue weighted by molar-refractivity contribution is 0.198. The third-order valence-corrected chi connectivity index (χ3v) is 8.43. The van der Waals surface area contributed by atoms with Crippen molar-refractivity contribution < 1.29 is 18.4 Å². The van der Waals surface area contributed by atoms with Gasteiger partial charge in [-0.1, -0.05) is 47.5 Å². The molecule has 1 rings (SSSR count). The van der Waals surface area contributed by atoms with E-state index in [0.29, 0.717) is 31.8 Å². The normalized spacial score (nSPS) is 13.9. The molecular weight excluding hydrogens is 433 g/mol. The number of nitrogens with zero attached hydrogens (tertiary/aromatic N) is 2. The van der Waals surface area contributed by atoms with E-state index in [9.17, 15) is 9.36 Å². The van der Waals surface area contributed by atoms with Crippen LogP contribution in [0.4, 0.5) is 4.79 Å². The molecule has 2 amide bonds. The van der Waals surface area contributed by atoms with Crippen molar-refractivity contribution in [2.24, 2.45) is 5.92 Å². The van der Waals surface area contributed by atoms with Crippen LogP contribution in [0.15, 0.2) is 5.38 Å². The summed E-state index contributed by atoms with van der Waals surface area (Å²) in [6.45, 7) is 13.6. The van der Waals surface area contributed by atoms with Crippen molar-refractivity contribution in [3.63, 3.8) is 0 Å². The van der Waals surface area contributed by atoms with Crippen molar-refractivity contribution in [2.45, 2.75) is 85.7 Å². The number of aromatic nitrogens is 1. The fraction of sp³-hybridized carbons (Fsp3) is 0.818. The van der Waals surface area contributed by atoms with Gasteiger partial charge in [0, 0.05) is 24.4 Å². The molecule has 7 nitrogen and oxygen atoms in total. The van der Waals surface area contributed by atoms with Crippen molar-refractivity contribution in [3.8, 4) is 0 Å². The van der Waals surface area contributed by atoms with E-state index in [1.54, 1.807) is 11.9 Å². The average molecular weight is 476 g/mol. The molecule has 0 bridgehead atoms. The summed E-state index contributed by atoms with van der Waals surface area (Å²) in [5, 5.41) is 5.85. The molecule has 31 heavy (non-hydrogen) atoms. The van der Waals surface area contributed by atoms with Crippen LogP contribution in [0.25, 0.3) is 0 Å². The Morgan fingerprint density at radius 2 is 1.74 bits per heavy atom. The third-order valence-electron chi connectivity index (χ3n) is 5.16. The molecule has 1 aromatic heterocycles. The summed E-state index contributed by atoms with van der Waals surface area (Å²) in [5.41, 5.74) is 0.829. The lowest BCUT2D eigenvalue weighted by atomic mass is 10.1. The van der Waals surface area contributed by atoms with E-state index in [4.69, 9.17) is 9.05 Å². The van der Waals surface area contributed by atoms with Crippen molar-refractivity contribution in [1.82, 2.24) is 15.2 Å². The zero-order valence-electron chi connectivity index (χ0n) is 20.3. The monoisotopic (exact) mass is 475 g/mol. The highest BCUT2D eigenvalue weighted by atomic mass is 32.1. The van der Waals surface area contributed by atoms with Gasteiger partial charge in [0.15, 0.2) is 0 Å². The quantitative estimate of drug-likeness (QED) is 0.239. The Morgan fingerprint density at radius 3 is 2.26 bits per heavy atom. The maximum atomic E-state index is 13.2. The number of urea groups is 1. The molecule has 180 valence electrons. The van der Waals surface area contributed by atoms with Gasteiger partial charge in [0.2, 0.25) is 0 Å². The Bertz CT molecular complexity index is 684. The molecule has 0 aromatic carbocycles. The number of nitrogens with one attached hydrogen (secondary N) is 1. The Morgan fingerprint density at radius 1 is 1.16 bits per heavy atom. The van der Waals surface area contributed by atoms with Crippen LogP contribution in [0.5, 0.6) is 0 Å². The van der Waals surface area contributed by atoms with Gasteiger partial charge in [-0.15, -0.1) is 11.3 Å². The van der Waals surface area contributed by atoms with Crippen LogP contribution in [0, 0.1) is 5.92 Å². The van der Waals surface area contributed by atoms with E-state index in [1.807, 2.05) is 19.2 Å². The van der Waals surface area contributed by atoms with Gasteiger partial charge < -0.3 is 19.3 Å². The van der Waals surface area contributed by atoms with Gasteiger partial charge in [-0.3, -0.25) is 4.57 Å². The summed E-state index contributed by atoms with van der Waals surface area (Å²) in [6, 6.07) is -0.00234. The number of thiazole rings is 1. The number of amides is 2. The largest absolute Gasteiger partial charge is 0.335 e. The summed E-state index contributed by atoms with van der Waals surface area (Å²) >= 11 is 1.53. The highest BCUT2D eigenvalue weighted by molar-refractivity contribution is 7.53. The van der Waals surface area contributed by atoms with E-state index in [0.717, 1.165) is 36.4 Å². The van der Waals surface area contributed by atoms with Gasteiger partial charge in [0.05, 0.1) is 36.6 Å².